The summed E-state index contributed by atoms with van der Waals surface area (Å²) < 4.78 is 50.4. The van der Waals surface area contributed by atoms with Crippen LogP contribution in [-0.2, 0) is 6.18 Å². The lowest BCUT2D eigenvalue weighted by molar-refractivity contribution is -0.137. The number of rotatable bonds is 2. The molecular formula is C10H4BrF4NO. The van der Waals surface area contributed by atoms with E-state index in [2.05, 4.69) is 15.9 Å². The van der Waals surface area contributed by atoms with Gasteiger partial charge in [-0.3, -0.25) is 4.79 Å². The molecule has 0 bridgehead atoms. The summed E-state index contributed by atoms with van der Waals surface area (Å²) in [7, 11) is 0. The molecule has 1 rings (SSSR count). The predicted octanol–water partition coefficient (Wildman–Crippen LogP) is 3.29. The van der Waals surface area contributed by atoms with Gasteiger partial charge in [0.25, 0.3) is 0 Å². The smallest absolute Gasteiger partial charge is 0.293 e. The summed E-state index contributed by atoms with van der Waals surface area (Å²) >= 11 is 2.76. The van der Waals surface area contributed by atoms with Crippen molar-refractivity contribution in [2.75, 3.05) is 5.33 Å². The van der Waals surface area contributed by atoms with E-state index in [0.29, 0.717) is 6.07 Å². The van der Waals surface area contributed by atoms with E-state index in [-0.39, 0.29) is 11.4 Å². The first kappa shape index (κ1) is 13.6. The quantitative estimate of drug-likeness (QED) is 0.478. The maximum absolute atomic E-state index is 13.4. The third-order valence-electron chi connectivity index (χ3n) is 1.94. The number of halogens is 5. The Morgan fingerprint density at radius 1 is 1.41 bits per heavy atom. The van der Waals surface area contributed by atoms with Gasteiger partial charge in [-0.1, -0.05) is 15.9 Å². The molecule has 0 N–H and O–H groups in total. The molecule has 1 aromatic carbocycles. The lowest BCUT2D eigenvalue weighted by Crippen LogP contribution is -2.12. The zero-order valence-electron chi connectivity index (χ0n) is 8.11. The summed E-state index contributed by atoms with van der Waals surface area (Å²) in [6.07, 6.45) is -4.76. The van der Waals surface area contributed by atoms with Crippen LogP contribution in [0.5, 0.6) is 0 Å². The summed E-state index contributed by atoms with van der Waals surface area (Å²) in [5.41, 5.74) is -2.54. The third-order valence-corrected chi connectivity index (χ3v) is 2.45. The molecule has 0 atom stereocenters. The van der Waals surface area contributed by atoms with Gasteiger partial charge in [0.2, 0.25) is 0 Å². The van der Waals surface area contributed by atoms with Crippen molar-refractivity contribution >= 4 is 21.7 Å². The summed E-state index contributed by atoms with van der Waals surface area (Å²) in [4.78, 5) is 11.3. The monoisotopic (exact) mass is 309 g/mol. The van der Waals surface area contributed by atoms with Crippen LogP contribution in [-0.4, -0.2) is 11.1 Å². The molecule has 1 aromatic rings. The Kier molecular flexibility index (Phi) is 3.88. The van der Waals surface area contributed by atoms with Gasteiger partial charge in [-0.2, -0.15) is 18.4 Å². The van der Waals surface area contributed by atoms with Crippen molar-refractivity contribution in [2.45, 2.75) is 6.18 Å². The van der Waals surface area contributed by atoms with Gasteiger partial charge in [0, 0.05) is 0 Å². The molecule has 0 heterocycles. The van der Waals surface area contributed by atoms with E-state index in [1.165, 1.54) is 6.07 Å². The summed E-state index contributed by atoms with van der Waals surface area (Å²) in [5, 5.41) is 8.35. The molecule has 0 aliphatic rings. The van der Waals surface area contributed by atoms with Gasteiger partial charge in [-0.25, -0.2) is 4.39 Å². The molecule has 2 nitrogen and oxygen atoms in total. The number of Topliss-reactive ketones (excluding diaryl/α,β-unsaturated/α-hetero) is 1. The highest BCUT2D eigenvalue weighted by atomic mass is 79.9. The fourth-order valence-electron chi connectivity index (χ4n) is 1.21. The molecule has 7 heteroatoms. The molecule has 0 saturated heterocycles. The molecule has 0 radical (unpaired) electrons. The maximum Gasteiger partial charge on any atom is 0.416 e. The maximum atomic E-state index is 13.4. The molecule has 0 fully saturated rings. The summed E-state index contributed by atoms with van der Waals surface area (Å²) in [6.45, 7) is 0. The van der Waals surface area contributed by atoms with E-state index in [1.807, 2.05) is 0 Å². The zero-order valence-corrected chi connectivity index (χ0v) is 9.69. The van der Waals surface area contributed by atoms with E-state index in [1.54, 1.807) is 0 Å². The Bertz CT molecular complexity index is 504. The predicted molar refractivity (Wildman–Crippen MR) is 54.2 cm³/mol. The highest BCUT2D eigenvalue weighted by molar-refractivity contribution is 9.09. The average Bonchev–Trinajstić information content (AvgIpc) is 2.25. The molecule has 17 heavy (non-hydrogen) atoms. The second-order valence-corrected chi connectivity index (χ2v) is 3.61. The fraction of sp³-hybridized carbons (Fsp3) is 0.200. The lowest BCUT2D eigenvalue weighted by Gasteiger charge is -2.09. The van der Waals surface area contributed by atoms with Crippen molar-refractivity contribution in [1.29, 1.82) is 5.26 Å². The number of ketones is 1. The minimum atomic E-state index is -4.76. The van der Waals surface area contributed by atoms with E-state index in [4.69, 9.17) is 5.26 Å². The molecule has 0 saturated carbocycles. The largest absolute Gasteiger partial charge is 0.416 e. The van der Waals surface area contributed by atoms with Crippen LogP contribution in [0.3, 0.4) is 0 Å². The van der Waals surface area contributed by atoms with Gasteiger partial charge in [0.05, 0.1) is 22.0 Å². The number of hydrogen-bond acceptors (Lipinski definition) is 2. The van der Waals surface area contributed by atoms with Crippen LogP contribution in [0.1, 0.15) is 21.5 Å². The van der Waals surface area contributed by atoms with Crippen LogP contribution in [0.4, 0.5) is 17.6 Å². The van der Waals surface area contributed by atoms with Gasteiger partial charge < -0.3 is 0 Å². The molecule has 0 amide bonds. The number of hydrogen-bond donors (Lipinski definition) is 0. The number of carbonyl (C=O) groups excluding carboxylic acids is 1. The molecule has 0 spiro atoms. The first-order chi connectivity index (χ1) is 7.81. The number of benzene rings is 1. The first-order valence-corrected chi connectivity index (χ1v) is 5.33. The van der Waals surface area contributed by atoms with E-state index in [9.17, 15) is 22.4 Å². The summed E-state index contributed by atoms with van der Waals surface area (Å²) in [6, 6.07) is 2.04. The van der Waals surface area contributed by atoms with Crippen LogP contribution in [0.2, 0.25) is 0 Å². The minimum absolute atomic E-state index is 0.205. The van der Waals surface area contributed by atoms with E-state index < -0.39 is 34.5 Å². The topological polar surface area (TPSA) is 40.9 Å². The molecule has 90 valence electrons. The Morgan fingerprint density at radius 2 is 2.00 bits per heavy atom. The van der Waals surface area contributed by atoms with Gasteiger partial charge in [0.15, 0.2) is 5.78 Å². The standard InChI is InChI=1S/C10H4BrF4NO/c11-3-8(17)9-5(4-16)1-6(2-7(9)12)10(13,14)15/h1-2H,3H2. The summed E-state index contributed by atoms with van der Waals surface area (Å²) in [5.74, 6) is -2.13. The van der Waals surface area contributed by atoms with E-state index in [0.717, 1.165) is 0 Å². The van der Waals surface area contributed by atoms with Gasteiger partial charge in [0.1, 0.15) is 11.9 Å². The number of carbonyl (C=O) groups is 1. The average molecular weight is 310 g/mol. The molecule has 0 aromatic heterocycles. The Morgan fingerprint density at radius 3 is 2.41 bits per heavy atom. The fourth-order valence-corrected chi connectivity index (χ4v) is 1.49. The first-order valence-electron chi connectivity index (χ1n) is 4.21. The highest BCUT2D eigenvalue weighted by Gasteiger charge is 2.33. The van der Waals surface area contributed by atoms with Crippen molar-refractivity contribution in [3.63, 3.8) is 0 Å². The van der Waals surface area contributed by atoms with Crippen molar-refractivity contribution in [3.05, 3.63) is 34.6 Å². The van der Waals surface area contributed by atoms with Crippen LogP contribution >= 0.6 is 15.9 Å². The lowest BCUT2D eigenvalue weighted by atomic mass is 10.0. The van der Waals surface area contributed by atoms with Crippen molar-refractivity contribution in [3.8, 4) is 6.07 Å². The van der Waals surface area contributed by atoms with Crippen LogP contribution in [0.15, 0.2) is 12.1 Å². The van der Waals surface area contributed by atoms with Crippen LogP contribution in [0, 0.1) is 17.1 Å². The van der Waals surface area contributed by atoms with Crippen LogP contribution in [0.25, 0.3) is 0 Å². The Hall–Kier alpha value is -1.42. The van der Waals surface area contributed by atoms with Crippen molar-refractivity contribution in [1.82, 2.24) is 0 Å². The Labute approximate surface area is 102 Å². The molecule has 0 unspecified atom stereocenters. The van der Waals surface area contributed by atoms with Crippen LogP contribution < -0.4 is 0 Å². The highest BCUT2D eigenvalue weighted by Crippen LogP contribution is 2.31. The van der Waals surface area contributed by atoms with Gasteiger partial charge in [-0.05, 0) is 12.1 Å². The van der Waals surface area contributed by atoms with Gasteiger partial charge >= 0.3 is 6.18 Å². The third kappa shape index (κ3) is 2.82. The number of nitriles is 1. The minimum Gasteiger partial charge on any atom is -0.293 e. The molecule has 0 aliphatic carbocycles. The van der Waals surface area contributed by atoms with Crippen molar-refractivity contribution < 1.29 is 22.4 Å². The second kappa shape index (κ2) is 4.84. The number of alkyl halides is 4. The van der Waals surface area contributed by atoms with E-state index >= 15 is 0 Å². The second-order valence-electron chi connectivity index (χ2n) is 3.05. The van der Waals surface area contributed by atoms with Gasteiger partial charge in [-0.15, -0.1) is 0 Å². The number of nitrogens with zero attached hydrogens (tertiary/aromatic N) is 1. The Balaban J connectivity index is 3.48. The zero-order chi connectivity index (χ0) is 13.2. The molecular weight excluding hydrogens is 306 g/mol. The molecule has 0 aliphatic heterocycles. The SMILES string of the molecule is N#Cc1cc(C(F)(F)F)cc(F)c1C(=O)CBr. The van der Waals surface area contributed by atoms with Crippen molar-refractivity contribution in [2.24, 2.45) is 0 Å². The normalized spacial score (nSPS) is 11.1.